The third-order valence-corrected chi connectivity index (χ3v) is 11.6. The van der Waals surface area contributed by atoms with Crippen LogP contribution in [0.1, 0.15) is 63.5 Å². The number of fused-ring (bicyclic) bond motifs is 10. The van der Waals surface area contributed by atoms with E-state index >= 15 is 0 Å². The number of unbranched alkanes of at least 4 members (excludes halogenated alkanes) is 4. The minimum atomic E-state index is 1.09. The number of aryl methyl sites for hydroxylation is 2. The van der Waals surface area contributed by atoms with E-state index in [1.54, 1.807) is 0 Å². The average molecular weight is 611 g/mol. The van der Waals surface area contributed by atoms with Gasteiger partial charge in [-0.15, -0.1) is 22.7 Å². The molecule has 44 heavy (non-hydrogen) atoms. The number of thiophene rings is 2. The molecule has 0 fully saturated rings. The standard InChI is InChI=1S/C40H38N2S2/c1-3-5-11-23-41-33-15-9-7-13-29(33)39-37(41)31-21-19-27(25-35(31)43-39)17-18-28-20-22-32-36(26-28)44-40-30-14-8-10-16-34(30)42(38(32)40)24-12-6-4-2/h7-10,13-22,25-26H,3-6,11-12,23-24H2,1-2H3/b18-17+. The summed E-state index contributed by atoms with van der Waals surface area (Å²) >= 11 is 3.89. The van der Waals surface area contributed by atoms with Crippen molar-refractivity contribution in [3.8, 4) is 0 Å². The van der Waals surface area contributed by atoms with Crippen molar-refractivity contribution < 1.29 is 0 Å². The SMILES string of the molecule is CCCCCn1c2ccccc2c2sc3cc(/C=C/c4ccc5c(c4)sc4c6ccccc6n(CCCCC)c54)ccc3c21. The fraction of sp³-hybridized carbons (Fsp3) is 0.250. The van der Waals surface area contributed by atoms with Crippen LogP contribution >= 0.6 is 22.7 Å². The molecule has 0 N–H and O–H groups in total. The maximum atomic E-state index is 2.58. The van der Waals surface area contributed by atoms with Crippen molar-refractivity contribution >= 4 is 97.2 Å². The molecule has 8 aromatic rings. The van der Waals surface area contributed by atoms with Gasteiger partial charge in [-0.1, -0.05) is 112 Å². The summed E-state index contributed by atoms with van der Waals surface area (Å²) in [5.74, 6) is 0. The molecular formula is C40H38N2S2. The van der Waals surface area contributed by atoms with Gasteiger partial charge in [0.25, 0.3) is 0 Å². The van der Waals surface area contributed by atoms with Crippen LogP contribution in [0.5, 0.6) is 0 Å². The van der Waals surface area contributed by atoms with Crippen molar-refractivity contribution in [1.29, 1.82) is 0 Å². The van der Waals surface area contributed by atoms with Gasteiger partial charge in [-0.05, 0) is 48.2 Å². The predicted molar refractivity (Wildman–Crippen MR) is 198 cm³/mol. The zero-order valence-electron chi connectivity index (χ0n) is 25.6. The molecule has 8 rings (SSSR count). The Bertz CT molecular complexity index is 2160. The second-order valence-electron chi connectivity index (χ2n) is 12.2. The summed E-state index contributed by atoms with van der Waals surface area (Å²) in [6.45, 7) is 6.74. The fourth-order valence-electron chi connectivity index (χ4n) is 7.05. The molecule has 0 atom stereocenters. The average Bonchev–Trinajstić information content (AvgIpc) is 3.78. The molecule has 4 aromatic carbocycles. The van der Waals surface area contributed by atoms with E-state index in [4.69, 9.17) is 0 Å². The van der Waals surface area contributed by atoms with Crippen molar-refractivity contribution in [3.05, 3.63) is 96.1 Å². The molecule has 4 aromatic heterocycles. The minimum Gasteiger partial charge on any atom is -0.339 e. The van der Waals surface area contributed by atoms with Crippen molar-refractivity contribution in [2.24, 2.45) is 0 Å². The Morgan fingerprint density at radius 1 is 0.523 bits per heavy atom. The number of hydrogen-bond acceptors (Lipinski definition) is 2. The summed E-state index contributed by atoms with van der Waals surface area (Å²) in [5, 5.41) is 5.54. The predicted octanol–water partition coefficient (Wildman–Crippen LogP) is 12.9. The summed E-state index contributed by atoms with van der Waals surface area (Å²) in [6, 6.07) is 31.9. The van der Waals surface area contributed by atoms with Gasteiger partial charge < -0.3 is 9.13 Å². The highest BCUT2D eigenvalue weighted by molar-refractivity contribution is 7.27. The minimum absolute atomic E-state index is 1.09. The van der Waals surface area contributed by atoms with Crippen LogP contribution in [0, 0.1) is 0 Å². The van der Waals surface area contributed by atoms with E-state index in [0.717, 1.165) is 13.1 Å². The van der Waals surface area contributed by atoms with Gasteiger partial charge in [-0.2, -0.15) is 0 Å². The van der Waals surface area contributed by atoms with Gasteiger partial charge >= 0.3 is 0 Å². The number of hydrogen-bond donors (Lipinski definition) is 0. The lowest BCUT2D eigenvalue weighted by molar-refractivity contribution is 0.628. The normalized spacial score (nSPS) is 12.5. The van der Waals surface area contributed by atoms with Crippen LogP contribution in [0.4, 0.5) is 0 Å². The summed E-state index contributed by atoms with van der Waals surface area (Å²) in [4.78, 5) is 0. The van der Waals surface area contributed by atoms with Crippen LogP contribution in [0.25, 0.3) is 74.6 Å². The molecule has 0 radical (unpaired) electrons. The largest absolute Gasteiger partial charge is 0.339 e. The van der Waals surface area contributed by atoms with Crippen molar-refractivity contribution in [2.45, 2.75) is 65.5 Å². The summed E-state index contributed by atoms with van der Waals surface area (Å²) in [5.41, 5.74) is 8.09. The van der Waals surface area contributed by atoms with E-state index in [1.165, 1.54) is 112 Å². The van der Waals surface area contributed by atoms with Gasteiger partial charge in [0.05, 0.1) is 20.4 Å². The molecule has 2 nitrogen and oxygen atoms in total. The van der Waals surface area contributed by atoms with Crippen LogP contribution in [0.2, 0.25) is 0 Å². The molecule has 0 saturated carbocycles. The quantitative estimate of drug-likeness (QED) is 0.108. The first-order chi connectivity index (χ1) is 21.7. The molecule has 4 heterocycles. The fourth-order valence-corrected chi connectivity index (χ4v) is 9.63. The molecule has 0 amide bonds. The van der Waals surface area contributed by atoms with Gasteiger partial charge in [0.1, 0.15) is 0 Å². The summed E-state index contributed by atoms with van der Waals surface area (Å²) in [6.07, 6.45) is 12.1. The van der Waals surface area contributed by atoms with Crippen molar-refractivity contribution in [3.63, 3.8) is 0 Å². The van der Waals surface area contributed by atoms with E-state index < -0.39 is 0 Å². The first kappa shape index (κ1) is 27.7. The number of nitrogens with zero attached hydrogens (tertiary/aromatic N) is 2. The van der Waals surface area contributed by atoms with E-state index in [9.17, 15) is 0 Å². The summed E-state index contributed by atoms with van der Waals surface area (Å²) < 4.78 is 10.7. The molecule has 0 bridgehead atoms. The lowest BCUT2D eigenvalue weighted by Crippen LogP contribution is -1.97. The van der Waals surface area contributed by atoms with Crippen LogP contribution < -0.4 is 0 Å². The van der Waals surface area contributed by atoms with E-state index in [-0.39, 0.29) is 0 Å². The van der Waals surface area contributed by atoms with Gasteiger partial charge in [0, 0.05) is 55.1 Å². The van der Waals surface area contributed by atoms with Crippen LogP contribution in [0.15, 0.2) is 84.9 Å². The smallest absolute Gasteiger partial charge is 0.0681 e. The van der Waals surface area contributed by atoms with Crippen molar-refractivity contribution in [1.82, 2.24) is 9.13 Å². The highest BCUT2D eigenvalue weighted by Gasteiger charge is 2.17. The third-order valence-electron chi connectivity index (χ3n) is 9.23. The van der Waals surface area contributed by atoms with E-state index in [2.05, 4.69) is 120 Å². The van der Waals surface area contributed by atoms with E-state index in [1.807, 2.05) is 22.7 Å². The molecule has 0 aliphatic carbocycles. The lowest BCUT2D eigenvalue weighted by Gasteiger charge is -2.07. The Morgan fingerprint density at radius 2 is 0.977 bits per heavy atom. The Hall–Kier alpha value is -3.86. The second-order valence-corrected chi connectivity index (χ2v) is 14.3. The molecule has 0 aliphatic rings. The number of para-hydroxylation sites is 2. The van der Waals surface area contributed by atoms with Crippen LogP contribution in [-0.4, -0.2) is 9.13 Å². The molecule has 0 aliphatic heterocycles. The Morgan fingerprint density at radius 3 is 1.43 bits per heavy atom. The zero-order chi connectivity index (χ0) is 29.6. The summed E-state index contributed by atoms with van der Waals surface area (Å²) in [7, 11) is 0. The monoisotopic (exact) mass is 610 g/mol. The van der Waals surface area contributed by atoms with Gasteiger partial charge in [0.2, 0.25) is 0 Å². The number of benzene rings is 4. The lowest BCUT2D eigenvalue weighted by atomic mass is 10.1. The third kappa shape index (κ3) is 4.58. The Labute approximate surface area is 266 Å². The molecule has 0 unspecified atom stereocenters. The topological polar surface area (TPSA) is 9.86 Å². The maximum Gasteiger partial charge on any atom is 0.0681 e. The Kier molecular flexibility index (Phi) is 7.28. The number of aromatic nitrogens is 2. The molecule has 220 valence electrons. The zero-order valence-corrected chi connectivity index (χ0v) is 27.2. The second kappa shape index (κ2) is 11.6. The molecule has 4 heteroatoms. The molecular weight excluding hydrogens is 573 g/mol. The van der Waals surface area contributed by atoms with Crippen LogP contribution in [0.3, 0.4) is 0 Å². The Balaban J connectivity index is 1.15. The van der Waals surface area contributed by atoms with Crippen molar-refractivity contribution in [2.75, 3.05) is 0 Å². The maximum absolute atomic E-state index is 2.58. The highest BCUT2D eigenvalue weighted by atomic mass is 32.1. The molecule has 0 spiro atoms. The van der Waals surface area contributed by atoms with Crippen LogP contribution in [-0.2, 0) is 13.1 Å². The first-order valence-electron chi connectivity index (χ1n) is 16.3. The van der Waals surface area contributed by atoms with E-state index in [0.29, 0.717) is 0 Å². The first-order valence-corrected chi connectivity index (χ1v) is 17.9. The molecule has 0 saturated heterocycles. The number of rotatable bonds is 10. The highest BCUT2D eigenvalue weighted by Crippen LogP contribution is 2.43. The van der Waals surface area contributed by atoms with Gasteiger partial charge in [-0.3, -0.25) is 0 Å². The van der Waals surface area contributed by atoms with Gasteiger partial charge in [-0.25, -0.2) is 0 Å². The van der Waals surface area contributed by atoms with Gasteiger partial charge in [0.15, 0.2) is 0 Å².